The second kappa shape index (κ2) is 15.3. The van der Waals surface area contributed by atoms with Gasteiger partial charge < -0.3 is 4.42 Å². The molecule has 0 fully saturated rings. The van der Waals surface area contributed by atoms with Gasteiger partial charge >= 0.3 is 99.8 Å². The van der Waals surface area contributed by atoms with Crippen molar-refractivity contribution in [3.63, 3.8) is 0 Å². The van der Waals surface area contributed by atoms with Gasteiger partial charge in [0.05, 0.1) is 11.3 Å². The van der Waals surface area contributed by atoms with Crippen molar-refractivity contribution >= 4 is 51.0 Å². The molecular formula is C46H44GeIrN2O-2. The monoisotopic (exact) mass is 907 g/mol. The number of benzene rings is 5. The van der Waals surface area contributed by atoms with Gasteiger partial charge in [-0.1, -0.05) is 93.2 Å². The number of fused-ring (bicyclic) bond motifs is 4. The molecule has 1 unspecified atom stereocenters. The van der Waals surface area contributed by atoms with Crippen molar-refractivity contribution in [2.24, 2.45) is 4.99 Å². The fourth-order valence-electron chi connectivity index (χ4n) is 7.04. The summed E-state index contributed by atoms with van der Waals surface area (Å²) in [4.78, 5) is 9.76. The molecule has 5 aromatic carbocycles. The molecule has 0 spiro atoms. The van der Waals surface area contributed by atoms with E-state index >= 15 is 0 Å². The zero-order chi connectivity index (χ0) is 35.0. The van der Waals surface area contributed by atoms with Crippen molar-refractivity contribution < 1.29 is 24.5 Å². The van der Waals surface area contributed by atoms with Crippen LogP contribution in [-0.2, 0) is 20.1 Å². The fraction of sp³-hybridized carbons (Fsp3) is 0.217. The van der Waals surface area contributed by atoms with E-state index in [-0.39, 0.29) is 26.0 Å². The summed E-state index contributed by atoms with van der Waals surface area (Å²) in [6.07, 6.45) is 2.04. The van der Waals surface area contributed by atoms with Gasteiger partial charge in [0.15, 0.2) is 0 Å². The molecule has 7 aromatic rings. The molecule has 1 atom stereocenters. The molecule has 0 bridgehead atoms. The molecule has 259 valence electrons. The number of aliphatic imine (C=N–C) groups is 1. The third-order valence-corrected chi connectivity index (χ3v) is 13.9. The number of nitrogens with zero attached hydrogens (tertiary/aromatic N) is 2. The SMILES string of the molecule is CC(C)c1cccc(C(C)C)c1C1C(c2[c-]ccc3c2oc2ccccc23)=Nc2ccccc21.[CH3][Ge]([CH3])([CH3])[c]1ccc(-c2[c-]cccc2)nc1.[Ir]. The van der Waals surface area contributed by atoms with Gasteiger partial charge in [0.2, 0.25) is 0 Å². The topological polar surface area (TPSA) is 38.4 Å². The van der Waals surface area contributed by atoms with Crippen LogP contribution in [0.1, 0.15) is 73.3 Å². The summed E-state index contributed by atoms with van der Waals surface area (Å²) in [7, 11) is 0. The Bertz CT molecular complexity index is 2290. The van der Waals surface area contributed by atoms with Crippen LogP contribution in [0.5, 0.6) is 0 Å². The summed E-state index contributed by atoms with van der Waals surface area (Å²) < 4.78 is 7.87. The Balaban J connectivity index is 0.000000222. The smallest absolute Gasteiger partial charge is 0 e. The number of hydrogen-bond acceptors (Lipinski definition) is 3. The van der Waals surface area contributed by atoms with Crippen LogP contribution in [0.3, 0.4) is 0 Å². The maximum Gasteiger partial charge on any atom is 0 e. The fourth-order valence-corrected chi connectivity index (χ4v) is 9.21. The molecular weight excluding hydrogens is 861 g/mol. The number of furan rings is 1. The average Bonchev–Trinajstić information content (AvgIpc) is 3.70. The van der Waals surface area contributed by atoms with E-state index in [0.29, 0.717) is 11.8 Å². The van der Waals surface area contributed by atoms with Gasteiger partial charge in [-0.15, -0.1) is 18.2 Å². The number of pyridine rings is 1. The zero-order valence-electron chi connectivity index (χ0n) is 30.4. The van der Waals surface area contributed by atoms with Crippen LogP contribution in [0.4, 0.5) is 5.69 Å². The average molecular weight is 906 g/mol. The van der Waals surface area contributed by atoms with Crippen LogP contribution in [0, 0.1) is 12.1 Å². The van der Waals surface area contributed by atoms with E-state index in [0.717, 1.165) is 50.2 Å². The third kappa shape index (κ3) is 7.33. The zero-order valence-corrected chi connectivity index (χ0v) is 34.9. The molecule has 0 N–H and O–H groups in total. The van der Waals surface area contributed by atoms with Gasteiger partial charge in [-0.25, -0.2) is 0 Å². The van der Waals surface area contributed by atoms with Crippen LogP contribution in [0.2, 0.25) is 17.3 Å². The Morgan fingerprint density at radius 2 is 1.39 bits per heavy atom. The van der Waals surface area contributed by atoms with Gasteiger partial charge in [0.25, 0.3) is 0 Å². The molecule has 3 heterocycles. The van der Waals surface area contributed by atoms with E-state index in [2.05, 4.69) is 135 Å². The van der Waals surface area contributed by atoms with E-state index < -0.39 is 13.3 Å². The normalized spacial score (nSPS) is 13.9. The van der Waals surface area contributed by atoms with Crippen molar-refractivity contribution in [2.75, 3.05) is 0 Å². The molecule has 0 saturated carbocycles. The largest absolute Gasteiger partial charge is 0 e. The summed E-state index contributed by atoms with van der Waals surface area (Å²) in [5.74, 6) is 8.01. The summed E-state index contributed by atoms with van der Waals surface area (Å²) in [6, 6.07) is 46.7. The third-order valence-electron chi connectivity index (χ3n) is 9.68. The van der Waals surface area contributed by atoms with Gasteiger partial charge in [-0.3, -0.25) is 4.99 Å². The van der Waals surface area contributed by atoms with Gasteiger partial charge in [-0.2, -0.15) is 0 Å². The van der Waals surface area contributed by atoms with Crippen molar-refractivity contribution in [1.82, 2.24) is 4.98 Å². The van der Waals surface area contributed by atoms with Gasteiger partial charge in [-0.05, 0) is 51.9 Å². The maximum atomic E-state index is 6.42. The minimum absolute atomic E-state index is 0. The molecule has 5 heteroatoms. The van der Waals surface area contributed by atoms with Crippen molar-refractivity contribution in [3.8, 4) is 11.3 Å². The molecule has 0 saturated heterocycles. The van der Waals surface area contributed by atoms with Crippen molar-refractivity contribution in [1.29, 1.82) is 0 Å². The number of rotatable bonds is 6. The van der Waals surface area contributed by atoms with Crippen molar-refractivity contribution in [3.05, 3.63) is 161 Å². The number of aromatic nitrogens is 1. The maximum absolute atomic E-state index is 6.42. The first-order chi connectivity index (χ1) is 24.1. The van der Waals surface area contributed by atoms with E-state index in [9.17, 15) is 0 Å². The second-order valence-electron chi connectivity index (χ2n) is 14.8. The van der Waals surface area contributed by atoms with E-state index in [4.69, 9.17) is 9.41 Å². The second-order valence-corrected chi connectivity index (χ2v) is 25.5. The first-order valence-electron chi connectivity index (χ1n) is 17.7. The Labute approximate surface area is 319 Å². The summed E-state index contributed by atoms with van der Waals surface area (Å²) >= 11 is -1.72. The Morgan fingerprint density at radius 3 is 2.06 bits per heavy atom. The van der Waals surface area contributed by atoms with Crippen molar-refractivity contribution in [2.45, 2.75) is 62.7 Å². The summed E-state index contributed by atoms with van der Waals surface area (Å²) in [5, 5.41) is 2.24. The van der Waals surface area contributed by atoms with Crippen LogP contribution >= 0.6 is 0 Å². The van der Waals surface area contributed by atoms with E-state index in [1.807, 2.05) is 48.7 Å². The van der Waals surface area contributed by atoms with Gasteiger partial charge in [0.1, 0.15) is 5.58 Å². The number of para-hydroxylation sites is 2. The quantitative estimate of drug-likeness (QED) is 0.123. The molecule has 1 radical (unpaired) electrons. The molecule has 3 nitrogen and oxygen atoms in total. The number of hydrogen-bond donors (Lipinski definition) is 0. The molecule has 51 heavy (non-hydrogen) atoms. The van der Waals surface area contributed by atoms with E-state index in [1.54, 1.807) is 0 Å². The predicted octanol–water partition coefficient (Wildman–Crippen LogP) is 12.0. The van der Waals surface area contributed by atoms with E-state index in [1.165, 1.54) is 26.6 Å². The Morgan fingerprint density at radius 1 is 0.686 bits per heavy atom. The standard InChI is InChI=1S/C32H28NO.C14H16GeN.Ir/c1-19(2)21-13-9-14-22(20(3)4)29(21)30-25-12-5-7-17-27(25)33-31(30)26-16-10-15-24-23-11-6-8-18-28(23)34-32(24)26;1-15(2,3)13-9-10-14(16-11-13)12-7-5-4-6-8-12;/h5-15,17-20,30H,1-4H3;4-7,9-11H,1-3H3;/q2*-1;. The molecule has 1 aliphatic rings. The molecule has 0 amide bonds. The van der Waals surface area contributed by atoms with Crippen LogP contribution in [-0.4, -0.2) is 24.0 Å². The molecule has 2 aromatic heterocycles. The van der Waals surface area contributed by atoms with Gasteiger partial charge in [0, 0.05) is 31.4 Å². The van der Waals surface area contributed by atoms with Crippen LogP contribution < -0.4 is 4.40 Å². The molecule has 8 rings (SSSR count). The van der Waals surface area contributed by atoms with Crippen LogP contribution in [0.25, 0.3) is 33.2 Å². The minimum Gasteiger partial charge on any atom is 0 e. The predicted molar refractivity (Wildman–Crippen MR) is 213 cm³/mol. The molecule has 0 aliphatic carbocycles. The van der Waals surface area contributed by atoms with Crippen LogP contribution in [0.15, 0.2) is 131 Å². The summed E-state index contributed by atoms with van der Waals surface area (Å²) in [6.45, 7) is 9.14. The first-order valence-corrected chi connectivity index (χ1v) is 25.0. The first kappa shape index (κ1) is 36.7. The Hall–Kier alpha value is -4.09. The Kier molecular flexibility index (Phi) is 11.0. The summed E-state index contributed by atoms with van der Waals surface area (Å²) in [5.41, 5.74) is 12.3. The minimum atomic E-state index is -1.72. The molecule has 1 aliphatic heterocycles.